The van der Waals surface area contributed by atoms with Gasteiger partial charge in [-0.25, -0.2) is 14.5 Å². The van der Waals surface area contributed by atoms with Gasteiger partial charge in [-0.3, -0.25) is 4.79 Å². The van der Waals surface area contributed by atoms with Gasteiger partial charge in [0.05, 0.1) is 24.0 Å². The number of nitrogens with one attached hydrogen (secondary N) is 1. The molecule has 0 bridgehead atoms. The molecule has 0 unspecified atom stereocenters. The molecular formula is C19H17ClFN5O. The van der Waals surface area contributed by atoms with Crippen LogP contribution in [0, 0.1) is 12.7 Å². The molecule has 0 saturated carbocycles. The molecule has 1 amide bonds. The third-order valence-corrected chi connectivity index (χ3v) is 4.29. The Morgan fingerprint density at radius 1 is 1.26 bits per heavy atom. The standard InChI is InChI=1S/C19H17ClFN5O/c1-12-17(10-23-24-19(27)14-4-8-16(22)9-5-14)18(20)26(25-12)11-13-2-6-15(21)7-3-13/h2-10H,11,22H2,1H3,(H,24,27)/b23-10+. The van der Waals surface area contributed by atoms with E-state index in [-0.39, 0.29) is 11.7 Å². The smallest absolute Gasteiger partial charge is 0.271 e. The fourth-order valence-corrected chi connectivity index (χ4v) is 2.72. The maximum absolute atomic E-state index is 13.0. The second-order valence-corrected chi connectivity index (χ2v) is 6.25. The highest BCUT2D eigenvalue weighted by atomic mass is 35.5. The van der Waals surface area contributed by atoms with Crippen molar-refractivity contribution in [1.82, 2.24) is 15.2 Å². The molecule has 0 saturated heterocycles. The Bertz CT molecular complexity index is 981. The van der Waals surface area contributed by atoms with Crippen molar-refractivity contribution in [3.63, 3.8) is 0 Å². The van der Waals surface area contributed by atoms with Gasteiger partial charge in [0.15, 0.2) is 0 Å². The molecule has 138 valence electrons. The van der Waals surface area contributed by atoms with Gasteiger partial charge >= 0.3 is 0 Å². The van der Waals surface area contributed by atoms with E-state index in [1.165, 1.54) is 18.3 Å². The number of aryl methyl sites for hydroxylation is 1. The number of carbonyl (C=O) groups excluding carboxylic acids is 1. The largest absolute Gasteiger partial charge is 0.399 e. The lowest BCUT2D eigenvalue weighted by Gasteiger charge is -2.03. The molecule has 0 radical (unpaired) electrons. The molecule has 2 aromatic carbocycles. The molecule has 8 heteroatoms. The van der Waals surface area contributed by atoms with E-state index in [4.69, 9.17) is 17.3 Å². The lowest BCUT2D eigenvalue weighted by molar-refractivity contribution is 0.0955. The molecule has 3 aromatic rings. The number of amides is 1. The lowest BCUT2D eigenvalue weighted by atomic mass is 10.2. The maximum Gasteiger partial charge on any atom is 0.271 e. The Morgan fingerprint density at radius 3 is 2.59 bits per heavy atom. The van der Waals surface area contributed by atoms with E-state index >= 15 is 0 Å². The summed E-state index contributed by atoms with van der Waals surface area (Å²) in [5.74, 6) is -0.662. The summed E-state index contributed by atoms with van der Waals surface area (Å²) in [5.41, 5.74) is 11.2. The van der Waals surface area contributed by atoms with E-state index in [1.54, 1.807) is 48.0 Å². The van der Waals surface area contributed by atoms with Crippen LogP contribution in [0.4, 0.5) is 10.1 Å². The minimum atomic E-state index is -0.362. The molecule has 1 heterocycles. The van der Waals surface area contributed by atoms with E-state index in [0.29, 0.717) is 34.2 Å². The number of benzene rings is 2. The van der Waals surface area contributed by atoms with Crippen molar-refractivity contribution in [1.29, 1.82) is 0 Å². The van der Waals surface area contributed by atoms with E-state index in [9.17, 15) is 9.18 Å². The van der Waals surface area contributed by atoms with Crippen molar-refractivity contribution in [3.05, 3.63) is 81.9 Å². The molecule has 27 heavy (non-hydrogen) atoms. The van der Waals surface area contributed by atoms with Gasteiger partial charge in [-0.05, 0) is 48.9 Å². The second kappa shape index (κ2) is 8.01. The molecule has 0 atom stereocenters. The molecule has 0 fully saturated rings. The summed E-state index contributed by atoms with van der Waals surface area (Å²) in [6.07, 6.45) is 1.45. The number of hydrazone groups is 1. The highest BCUT2D eigenvalue weighted by Gasteiger charge is 2.12. The Kier molecular flexibility index (Phi) is 5.52. The van der Waals surface area contributed by atoms with Crippen LogP contribution in [0.2, 0.25) is 5.15 Å². The number of carbonyl (C=O) groups is 1. The second-order valence-electron chi connectivity index (χ2n) is 5.90. The van der Waals surface area contributed by atoms with Crippen molar-refractivity contribution >= 4 is 29.4 Å². The first kappa shape index (κ1) is 18.6. The summed E-state index contributed by atoms with van der Waals surface area (Å²) in [4.78, 5) is 12.0. The van der Waals surface area contributed by atoms with Gasteiger partial charge in [-0.2, -0.15) is 10.2 Å². The maximum atomic E-state index is 13.0. The average Bonchev–Trinajstić information content (AvgIpc) is 2.91. The number of nitrogens with zero attached hydrogens (tertiary/aromatic N) is 3. The van der Waals surface area contributed by atoms with Crippen LogP contribution in [0.15, 0.2) is 53.6 Å². The van der Waals surface area contributed by atoms with Gasteiger partial charge < -0.3 is 5.73 Å². The monoisotopic (exact) mass is 385 g/mol. The van der Waals surface area contributed by atoms with E-state index in [1.807, 2.05) is 0 Å². The third-order valence-electron chi connectivity index (χ3n) is 3.89. The first-order valence-corrected chi connectivity index (χ1v) is 8.48. The quantitative estimate of drug-likeness (QED) is 0.401. The number of nitrogens with two attached hydrogens (primary N) is 1. The van der Waals surface area contributed by atoms with Crippen LogP contribution in [-0.4, -0.2) is 21.9 Å². The lowest BCUT2D eigenvalue weighted by Crippen LogP contribution is -2.17. The molecular weight excluding hydrogens is 369 g/mol. The Balaban J connectivity index is 1.70. The van der Waals surface area contributed by atoms with E-state index in [2.05, 4.69) is 15.6 Å². The van der Waals surface area contributed by atoms with Crippen molar-refractivity contribution in [2.75, 3.05) is 5.73 Å². The highest BCUT2D eigenvalue weighted by molar-refractivity contribution is 6.32. The highest BCUT2D eigenvalue weighted by Crippen LogP contribution is 2.19. The summed E-state index contributed by atoms with van der Waals surface area (Å²) in [7, 11) is 0. The fraction of sp³-hybridized carbons (Fsp3) is 0.105. The molecule has 3 N–H and O–H groups in total. The normalized spacial score (nSPS) is 11.1. The first-order valence-electron chi connectivity index (χ1n) is 8.10. The Morgan fingerprint density at radius 2 is 1.93 bits per heavy atom. The van der Waals surface area contributed by atoms with Gasteiger partial charge in [0.25, 0.3) is 5.91 Å². The minimum Gasteiger partial charge on any atom is -0.399 e. The van der Waals surface area contributed by atoms with Crippen molar-refractivity contribution in [2.24, 2.45) is 5.10 Å². The predicted molar refractivity (Wildman–Crippen MR) is 103 cm³/mol. The van der Waals surface area contributed by atoms with Crippen molar-refractivity contribution < 1.29 is 9.18 Å². The molecule has 3 rings (SSSR count). The third kappa shape index (κ3) is 4.51. The number of rotatable bonds is 5. The van der Waals surface area contributed by atoms with E-state index < -0.39 is 0 Å². The number of hydrogen-bond donors (Lipinski definition) is 2. The van der Waals surface area contributed by atoms with Crippen LogP contribution in [0.25, 0.3) is 0 Å². The molecule has 0 aliphatic carbocycles. The molecule has 0 spiro atoms. The molecule has 1 aromatic heterocycles. The van der Waals surface area contributed by atoms with Gasteiger partial charge in [0.2, 0.25) is 0 Å². The van der Waals surface area contributed by atoms with Crippen molar-refractivity contribution in [2.45, 2.75) is 13.5 Å². The summed E-state index contributed by atoms with van der Waals surface area (Å²) in [5, 5.41) is 8.69. The van der Waals surface area contributed by atoms with Gasteiger partial charge in [-0.1, -0.05) is 23.7 Å². The zero-order chi connectivity index (χ0) is 19.4. The van der Waals surface area contributed by atoms with Crippen LogP contribution in [0.1, 0.15) is 27.2 Å². The predicted octanol–water partition coefficient (Wildman–Crippen LogP) is 3.38. The average molecular weight is 386 g/mol. The molecule has 6 nitrogen and oxygen atoms in total. The van der Waals surface area contributed by atoms with Crippen LogP contribution < -0.4 is 11.2 Å². The summed E-state index contributed by atoms with van der Waals surface area (Å²) in [6.45, 7) is 2.18. The molecule has 0 aliphatic heterocycles. The Labute approximate surface area is 160 Å². The van der Waals surface area contributed by atoms with Gasteiger partial charge in [0, 0.05) is 11.3 Å². The van der Waals surface area contributed by atoms with Crippen molar-refractivity contribution in [3.8, 4) is 0 Å². The van der Waals surface area contributed by atoms with Gasteiger partial charge in [0.1, 0.15) is 11.0 Å². The van der Waals surface area contributed by atoms with Crippen LogP contribution in [0.5, 0.6) is 0 Å². The topological polar surface area (TPSA) is 85.3 Å². The number of nitrogen functional groups attached to an aromatic ring is 1. The summed E-state index contributed by atoms with van der Waals surface area (Å²) in [6, 6.07) is 12.6. The number of hydrogen-bond acceptors (Lipinski definition) is 4. The number of anilines is 1. The van der Waals surface area contributed by atoms with Gasteiger partial charge in [-0.15, -0.1) is 0 Å². The zero-order valence-corrected chi connectivity index (χ0v) is 15.2. The Hall–Kier alpha value is -3.19. The summed E-state index contributed by atoms with van der Waals surface area (Å²) < 4.78 is 14.6. The van der Waals surface area contributed by atoms with E-state index in [0.717, 1.165) is 5.56 Å². The van der Waals surface area contributed by atoms with Crippen LogP contribution in [0.3, 0.4) is 0 Å². The molecule has 0 aliphatic rings. The fourth-order valence-electron chi connectivity index (χ4n) is 2.44. The number of aromatic nitrogens is 2. The SMILES string of the molecule is Cc1nn(Cc2ccc(F)cc2)c(Cl)c1/C=N/NC(=O)c1ccc(N)cc1. The van der Waals surface area contributed by atoms with Crippen LogP contribution >= 0.6 is 11.6 Å². The first-order chi connectivity index (χ1) is 12.9. The number of halogens is 2. The van der Waals surface area contributed by atoms with Crippen LogP contribution in [-0.2, 0) is 6.54 Å². The zero-order valence-electron chi connectivity index (χ0n) is 14.5. The minimum absolute atomic E-state index is 0.300. The summed E-state index contributed by atoms with van der Waals surface area (Å²) >= 11 is 6.37.